The number of carbonyl (C=O) groups is 1. The Morgan fingerprint density at radius 2 is 2.00 bits per heavy atom. The lowest BCUT2D eigenvalue weighted by atomic mass is 10.2. The molecule has 118 valence electrons. The maximum atomic E-state index is 12.2. The SMILES string of the molecule is COc1ccc(CNC(=O)c2cn3ccccc3n2)cc1OC. The molecular weight excluding hydrogens is 294 g/mol. The number of nitrogens with one attached hydrogen (secondary N) is 1. The second kappa shape index (κ2) is 6.39. The number of ether oxygens (including phenoxy) is 2. The second-order valence-electron chi connectivity index (χ2n) is 4.96. The summed E-state index contributed by atoms with van der Waals surface area (Å²) in [4.78, 5) is 16.5. The number of rotatable bonds is 5. The lowest BCUT2D eigenvalue weighted by molar-refractivity contribution is 0.0946. The van der Waals surface area contributed by atoms with E-state index in [1.54, 1.807) is 20.4 Å². The van der Waals surface area contributed by atoms with Crippen LogP contribution in [-0.2, 0) is 6.54 Å². The van der Waals surface area contributed by atoms with Gasteiger partial charge in [-0.1, -0.05) is 12.1 Å². The Balaban J connectivity index is 1.71. The Bertz CT molecular complexity index is 809. The summed E-state index contributed by atoms with van der Waals surface area (Å²) >= 11 is 0. The van der Waals surface area contributed by atoms with Gasteiger partial charge in [0.15, 0.2) is 11.5 Å². The van der Waals surface area contributed by atoms with E-state index in [2.05, 4.69) is 10.3 Å². The van der Waals surface area contributed by atoms with Crippen molar-refractivity contribution < 1.29 is 14.3 Å². The van der Waals surface area contributed by atoms with Crippen LogP contribution in [0.5, 0.6) is 11.5 Å². The Labute approximate surface area is 133 Å². The Hall–Kier alpha value is -3.02. The summed E-state index contributed by atoms with van der Waals surface area (Å²) in [5.41, 5.74) is 2.04. The highest BCUT2D eigenvalue weighted by atomic mass is 16.5. The predicted molar refractivity (Wildman–Crippen MR) is 85.9 cm³/mol. The summed E-state index contributed by atoms with van der Waals surface area (Å²) in [6.45, 7) is 0.382. The second-order valence-corrected chi connectivity index (χ2v) is 4.96. The van der Waals surface area contributed by atoms with E-state index in [1.807, 2.05) is 47.0 Å². The van der Waals surface area contributed by atoms with Crippen LogP contribution in [0, 0.1) is 0 Å². The highest BCUT2D eigenvalue weighted by molar-refractivity contribution is 5.92. The molecule has 0 spiro atoms. The number of benzene rings is 1. The third kappa shape index (κ3) is 3.11. The van der Waals surface area contributed by atoms with Gasteiger partial charge >= 0.3 is 0 Å². The molecule has 0 aliphatic carbocycles. The summed E-state index contributed by atoms with van der Waals surface area (Å²) in [5.74, 6) is 1.07. The van der Waals surface area contributed by atoms with E-state index in [4.69, 9.17) is 9.47 Å². The van der Waals surface area contributed by atoms with Gasteiger partial charge in [0.25, 0.3) is 5.91 Å². The standard InChI is InChI=1S/C17H17N3O3/c1-22-14-7-6-12(9-15(14)23-2)10-18-17(21)13-11-20-8-4-3-5-16(20)19-13/h3-9,11H,10H2,1-2H3,(H,18,21). The number of amides is 1. The van der Waals surface area contributed by atoms with Gasteiger partial charge in [0, 0.05) is 18.9 Å². The van der Waals surface area contributed by atoms with Gasteiger partial charge in [-0.05, 0) is 29.8 Å². The summed E-state index contributed by atoms with van der Waals surface area (Å²) in [6, 6.07) is 11.2. The van der Waals surface area contributed by atoms with Crippen LogP contribution in [0.3, 0.4) is 0 Å². The first-order valence-corrected chi connectivity index (χ1v) is 7.14. The van der Waals surface area contributed by atoms with Gasteiger partial charge in [-0.2, -0.15) is 0 Å². The highest BCUT2D eigenvalue weighted by Gasteiger charge is 2.11. The van der Waals surface area contributed by atoms with E-state index >= 15 is 0 Å². The van der Waals surface area contributed by atoms with Crippen LogP contribution in [0.2, 0.25) is 0 Å². The first kappa shape index (κ1) is 14.9. The number of methoxy groups -OCH3 is 2. The molecule has 3 rings (SSSR count). The molecule has 2 aromatic heterocycles. The number of aromatic nitrogens is 2. The molecule has 0 unspecified atom stereocenters. The summed E-state index contributed by atoms with van der Waals surface area (Å²) in [7, 11) is 3.17. The molecule has 0 saturated heterocycles. The zero-order valence-corrected chi connectivity index (χ0v) is 12.9. The van der Waals surface area contributed by atoms with Gasteiger partial charge in [-0.15, -0.1) is 0 Å². The lowest BCUT2D eigenvalue weighted by Gasteiger charge is -2.10. The quantitative estimate of drug-likeness (QED) is 0.785. The molecule has 0 aliphatic heterocycles. The molecule has 3 aromatic rings. The molecule has 1 aromatic carbocycles. The Morgan fingerprint density at radius 1 is 1.17 bits per heavy atom. The topological polar surface area (TPSA) is 64.9 Å². The van der Waals surface area contributed by atoms with Crippen LogP contribution in [-0.4, -0.2) is 29.5 Å². The van der Waals surface area contributed by atoms with Gasteiger partial charge in [-0.3, -0.25) is 4.79 Å². The van der Waals surface area contributed by atoms with Crippen LogP contribution in [0.25, 0.3) is 5.65 Å². The smallest absolute Gasteiger partial charge is 0.271 e. The van der Waals surface area contributed by atoms with Crippen molar-refractivity contribution in [2.75, 3.05) is 14.2 Å². The van der Waals surface area contributed by atoms with E-state index in [0.717, 1.165) is 11.2 Å². The van der Waals surface area contributed by atoms with Crippen molar-refractivity contribution in [3.8, 4) is 11.5 Å². The first-order valence-electron chi connectivity index (χ1n) is 7.14. The third-order valence-corrected chi connectivity index (χ3v) is 3.50. The van der Waals surface area contributed by atoms with Gasteiger partial charge in [0.1, 0.15) is 11.3 Å². The van der Waals surface area contributed by atoms with Crippen molar-refractivity contribution in [1.29, 1.82) is 0 Å². The van der Waals surface area contributed by atoms with Crippen molar-refractivity contribution in [3.63, 3.8) is 0 Å². The lowest BCUT2D eigenvalue weighted by Crippen LogP contribution is -2.23. The fourth-order valence-corrected chi connectivity index (χ4v) is 2.31. The molecule has 0 radical (unpaired) electrons. The molecule has 0 fully saturated rings. The summed E-state index contributed by atoms with van der Waals surface area (Å²) < 4.78 is 12.3. The molecule has 6 nitrogen and oxygen atoms in total. The number of imidazole rings is 1. The average molecular weight is 311 g/mol. The Morgan fingerprint density at radius 3 is 2.74 bits per heavy atom. The van der Waals surface area contributed by atoms with Crippen molar-refractivity contribution in [2.45, 2.75) is 6.54 Å². The molecule has 0 aliphatic rings. The molecule has 0 bridgehead atoms. The zero-order chi connectivity index (χ0) is 16.2. The van der Waals surface area contributed by atoms with E-state index < -0.39 is 0 Å². The first-order chi connectivity index (χ1) is 11.2. The van der Waals surface area contributed by atoms with Crippen molar-refractivity contribution in [1.82, 2.24) is 14.7 Å². The summed E-state index contributed by atoms with van der Waals surface area (Å²) in [6.07, 6.45) is 3.56. The molecule has 6 heteroatoms. The molecule has 23 heavy (non-hydrogen) atoms. The predicted octanol–water partition coefficient (Wildman–Crippen LogP) is 2.28. The van der Waals surface area contributed by atoms with E-state index in [9.17, 15) is 4.79 Å². The third-order valence-electron chi connectivity index (χ3n) is 3.50. The maximum absolute atomic E-state index is 12.2. The van der Waals surface area contributed by atoms with Gasteiger partial charge in [0.2, 0.25) is 0 Å². The minimum Gasteiger partial charge on any atom is -0.493 e. The van der Waals surface area contributed by atoms with E-state index in [-0.39, 0.29) is 5.91 Å². The zero-order valence-electron chi connectivity index (χ0n) is 12.9. The minimum absolute atomic E-state index is 0.219. The van der Waals surface area contributed by atoms with Crippen LogP contribution in [0.4, 0.5) is 0 Å². The average Bonchev–Trinajstić information content (AvgIpc) is 3.03. The van der Waals surface area contributed by atoms with Crippen LogP contribution < -0.4 is 14.8 Å². The van der Waals surface area contributed by atoms with E-state index in [1.165, 1.54) is 0 Å². The molecule has 1 N–H and O–H groups in total. The fraction of sp³-hybridized carbons (Fsp3) is 0.176. The monoisotopic (exact) mass is 311 g/mol. The number of fused-ring (bicyclic) bond motifs is 1. The van der Waals surface area contributed by atoms with Gasteiger partial charge in [-0.25, -0.2) is 4.98 Å². The highest BCUT2D eigenvalue weighted by Crippen LogP contribution is 2.27. The van der Waals surface area contributed by atoms with E-state index in [0.29, 0.717) is 23.7 Å². The molecule has 0 saturated carbocycles. The number of hydrogen-bond acceptors (Lipinski definition) is 4. The van der Waals surface area contributed by atoms with Crippen LogP contribution >= 0.6 is 0 Å². The maximum Gasteiger partial charge on any atom is 0.271 e. The number of pyridine rings is 1. The molecule has 2 heterocycles. The van der Waals surface area contributed by atoms with Crippen LogP contribution in [0.15, 0.2) is 48.8 Å². The van der Waals surface area contributed by atoms with Gasteiger partial charge < -0.3 is 19.2 Å². The van der Waals surface area contributed by atoms with Crippen LogP contribution in [0.1, 0.15) is 16.1 Å². The van der Waals surface area contributed by atoms with Crippen molar-refractivity contribution in [2.24, 2.45) is 0 Å². The number of carbonyl (C=O) groups excluding carboxylic acids is 1. The summed E-state index contributed by atoms with van der Waals surface area (Å²) in [5, 5.41) is 2.85. The normalized spacial score (nSPS) is 10.5. The molecule has 1 amide bonds. The largest absolute Gasteiger partial charge is 0.493 e. The van der Waals surface area contributed by atoms with Crippen molar-refractivity contribution in [3.05, 3.63) is 60.0 Å². The number of hydrogen-bond donors (Lipinski definition) is 1. The molecule has 0 atom stereocenters. The Kier molecular flexibility index (Phi) is 4.14. The number of nitrogens with zero attached hydrogens (tertiary/aromatic N) is 2. The fourth-order valence-electron chi connectivity index (χ4n) is 2.31. The molecular formula is C17H17N3O3. The minimum atomic E-state index is -0.219. The van der Waals surface area contributed by atoms with Gasteiger partial charge in [0.05, 0.1) is 14.2 Å². The van der Waals surface area contributed by atoms with Crippen molar-refractivity contribution >= 4 is 11.6 Å².